The second-order valence-electron chi connectivity index (χ2n) is 5.28. The van der Waals surface area contributed by atoms with E-state index in [9.17, 15) is 4.79 Å². The molecular formula is C18H20N4O2. The molecule has 124 valence electrons. The zero-order valence-corrected chi connectivity index (χ0v) is 13.7. The molecule has 1 atom stereocenters. The molecule has 1 heterocycles. The number of nitrogens with zero attached hydrogens (tertiary/aromatic N) is 2. The first kappa shape index (κ1) is 17.3. The van der Waals surface area contributed by atoms with Gasteiger partial charge in [-0.25, -0.2) is 4.98 Å². The van der Waals surface area contributed by atoms with Crippen LogP contribution in [0.1, 0.15) is 25.8 Å². The molecule has 6 nitrogen and oxygen atoms in total. The van der Waals surface area contributed by atoms with Gasteiger partial charge in [-0.15, -0.1) is 0 Å². The molecule has 0 aliphatic rings. The van der Waals surface area contributed by atoms with E-state index in [1.165, 1.54) is 6.20 Å². The number of nitriles is 1. The standard InChI is InChI=1S/C18H20N4O2/c1-3-9-20-18(23)13(2)22-15-5-4-6-16(10-15)24-17-8-7-14(11-19)12-21-17/h4-8,10,12-13,22H,3,9H2,1-2H3,(H,20,23)/t13-/m0/s1. The van der Waals surface area contributed by atoms with E-state index in [1.54, 1.807) is 31.2 Å². The lowest BCUT2D eigenvalue weighted by Gasteiger charge is -2.15. The van der Waals surface area contributed by atoms with Gasteiger partial charge < -0.3 is 15.4 Å². The molecule has 1 aromatic carbocycles. The van der Waals surface area contributed by atoms with E-state index in [0.717, 1.165) is 12.1 Å². The molecule has 0 spiro atoms. The molecule has 1 amide bonds. The maximum atomic E-state index is 11.9. The first-order valence-electron chi connectivity index (χ1n) is 7.80. The number of rotatable bonds is 7. The molecule has 2 N–H and O–H groups in total. The van der Waals surface area contributed by atoms with Gasteiger partial charge in [0.15, 0.2) is 0 Å². The maximum absolute atomic E-state index is 11.9. The van der Waals surface area contributed by atoms with Crippen LogP contribution in [-0.2, 0) is 4.79 Å². The van der Waals surface area contributed by atoms with Crippen LogP contribution in [0.4, 0.5) is 5.69 Å². The van der Waals surface area contributed by atoms with Gasteiger partial charge in [-0.1, -0.05) is 13.0 Å². The molecule has 2 rings (SSSR count). The van der Waals surface area contributed by atoms with Crippen molar-refractivity contribution in [1.82, 2.24) is 10.3 Å². The highest BCUT2D eigenvalue weighted by Crippen LogP contribution is 2.23. The zero-order chi connectivity index (χ0) is 17.4. The van der Waals surface area contributed by atoms with Gasteiger partial charge in [0.05, 0.1) is 5.56 Å². The maximum Gasteiger partial charge on any atom is 0.242 e. The number of aromatic nitrogens is 1. The molecule has 0 aliphatic carbocycles. The zero-order valence-electron chi connectivity index (χ0n) is 13.7. The Balaban J connectivity index is 2.00. The van der Waals surface area contributed by atoms with E-state index in [4.69, 9.17) is 10.00 Å². The first-order valence-corrected chi connectivity index (χ1v) is 7.80. The summed E-state index contributed by atoms with van der Waals surface area (Å²) in [4.78, 5) is 16.0. The summed E-state index contributed by atoms with van der Waals surface area (Å²) >= 11 is 0. The molecule has 0 fully saturated rings. The lowest BCUT2D eigenvalue weighted by molar-refractivity contribution is -0.121. The quantitative estimate of drug-likeness (QED) is 0.817. The summed E-state index contributed by atoms with van der Waals surface area (Å²) < 4.78 is 5.66. The topological polar surface area (TPSA) is 87.0 Å². The predicted molar refractivity (Wildman–Crippen MR) is 91.9 cm³/mol. The number of benzene rings is 1. The van der Waals surface area contributed by atoms with Crippen LogP contribution in [0.25, 0.3) is 0 Å². The molecule has 0 unspecified atom stereocenters. The summed E-state index contributed by atoms with van der Waals surface area (Å²) in [5.41, 5.74) is 1.25. The largest absolute Gasteiger partial charge is 0.439 e. The summed E-state index contributed by atoms with van der Waals surface area (Å²) in [5, 5.41) is 14.8. The minimum atomic E-state index is -0.347. The second-order valence-corrected chi connectivity index (χ2v) is 5.28. The second kappa shape index (κ2) is 8.53. The molecule has 0 aliphatic heterocycles. The number of carbonyl (C=O) groups excluding carboxylic acids is 1. The summed E-state index contributed by atoms with van der Waals surface area (Å²) in [5.74, 6) is 0.954. The van der Waals surface area contributed by atoms with Crippen molar-refractivity contribution in [3.63, 3.8) is 0 Å². The van der Waals surface area contributed by atoms with Gasteiger partial charge in [0.2, 0.25) is 11.8 Å². The summed E-state index contributed by atoms with van der Waals surface area (Å²) in [6, 6.07) is 12.2. The Morgan fingerprint density at radius 2 is 2.21 bits per heavy atom. The first-order chi connectivity index (χ1) is 11.6. The Morgan fingerprint density at radius 3 is 2.88 bits per heavy atom. The van der Waals surface area contributed by atoms with E-state index >= 15 is 0 Å². The van der Waals surface area contributed by atoms with Crippen LogP contribution in [0.3, 0.4) is 0 Å². The lowest BCUT2D eigenvalue weighted by atomic mass is 10.2. The number of pyridine rings is 1. The fourth-order valence-electron chi connectivity index (χ4n) is 1.99. The number of hydrogen-bond acceptors (Lipinski definition) is 5. The van der Waals surface area contributed by atoms with Gasteiger partial charge in [0.1, 0.15) is 17.9 Å². The van der Waals surface area contributed by atoms with Crippen LogP contribution in [-0.4, -0.2) is 23.5 Å². The number of anilines is 1. The Bertz CT molecular complexity index is 723. The van der Waals surface area contributed by atoms with Crippen molar-refractivity contribution >= 4 is 11.6 Å². The number of amides is 1. The molecule has 24 heavy (non-hydrogen) atoms. The number of ether oxygens (including phenoxy) is 1. The SMILES string of the molecule is CCCNC(=O)[C@H](C)Nc1cccc(Oc2ccc(C#N)cn2)c1. The summed E-state index contributed by atoms with van der Waals surface area (Å²) in [6.45, 7) is 4.48. The molecule has 0 radical (unpaired) electrons. The van der Waals surface area contributed by atoms with Crippen molar-refractivity contribution in [3.8, 4) is 17.7 Å². The molecule has 6 heteroatoms. The van der Waals surface area contributed by atoms with Crippen molar-refractivity contribution in [2.45, 2.75) is 26.3 Å². The lowest BCUT2D eigenvalue weighted by Crippen LogP contribution is -2.37. The van der Waals surface area contributed by atoms with Crippen molar-refractivity contribution in [1.29, 1.82) is 5.26 Å². The summed E-state index contributed by atoms with van der Waals surface area (Å²) in [7, 11) is 0. The van der Waals surface area contributed by atoms with Crippen molar-refractivity contribution in [2.75, 3.05) is 11.9 Å². The summed E-state index contributed by atoms with van der Waals surface area (Å²) in [6.07, 6.45) is 2.36. The van der Waals surface area contributed by atoms with Gasteiger partial charge in [-0.05, 0) is 31.5 Å². The van der Waals surface area contributed by atoms with E-state index in [2.05, 4.69) is 15.6 Å². The van der Waals surface area contributed by atoms with Gasteiger partial charge in [-0.3, -0.25) is 4.79 Å². The van der Waals surface area contributed by atoms with Crippen LogP contribution in [0, 0.1) is 11.3 Å². The van der Waals surface area contributed by atoms with Crippen molar-refractivity contribution in [2.24, 2.45) is 0 Å². The van der Waals surface area contributed by atoms with Gasteiger partial charge >= 0.3 is 0 Å². The molecular weight excluding hydrogens is 304 g/mol. The van der Waals surface area contributed by atoms with Gasteiger partial charge in [0, 0.05) is 30.6 Å². The normalized spacial score (nSPS) is 11.2. The molecule has 0 saturated carbocycles. The number of carbonyl (C=O) groups is 1. The molecule has 1 aromatic heterocycles. The highest BCUT2D eigenvalue weighted by molar-refractivity contribution is 5.84. The third-order valence-corrected chi connectivity index (χ3v) is 3.25. The Hall–Kier alpha value is -3.07. The number of hydrogen-bond donors (Lipinski definition) is 2. The van der Waals surface area contributed by atoms with Crippen LogP contribution in [0.5, 0.6) is 11.6 Å². The predicted octanol–water partition coefficient (Wildman–Crippen LogP) is 3.07. The van der Waals surface area contributed by atoms with E-state index in [1.807, 2.05) is 25.1 Å². The minimum absolute atomic E-state index is 0.0445. The molecule has 2 aromatic rings. The highest BCUT2D eigenvalue weighted by atomic mass is 16.5. The fourth-order valence-corrected chi connectivity index (χ4v) is 1.99. The highest BCUT2D eigenvalue weighted by Gasteiger charge is 2.12. The van der Waals surface area contributed by atoms with Crippen LogP contribution < -0.4 is 15.4 Å². The van der Waals surface area contributed by atoms with Crippen LogP contribution in [0.15, 0.2) is 42.6 Å². The van der Waals surface area contributed by atoms with Crippen molar-refractivity contribution < 1.29 is 9.53 Å². The average Bonchev–Trinajstić information content (AvgIpc) is 2.60. The van der Waals surface area contributed by atoms with Crippen molar-refractivity contribution in [3.05, 3.63) is 48.2 Å². The fraction of sp³-hybridized carbons (Fsp3) is 0.278. The van der Waals surface area contributed by atoms with Crippen LogP contribution in [0.2, 0.25) is 0 Å². The number of nitrogens with one attached hydrogen (secondary N) is 2. The Morgan fingerprint density at radius 1 is 1.38 bits per heavy atom. The average molecular weight is 324 g/mol. The Labute approximate surface area is 141 Å². The smallest absolute Gasteiger partial charge is 0.242 e. The van der Waals surface area contributed by atoms with E-state index < -0.39 is 0 Å². The third kappa shape index (κ3) is 4.99. The van der Waals surface area contributed by atoms with Gasteiger partial charge in [0.25, 0.3) is 0 Å². The van der Waals surface area contributed by atoms with E-state index in [0.29, 0.717) is 23.7 Å². The minimum Gasteiger partial charge on any atom is -0.439 e. The van der Waals surface area contributed by atoms with E-state index in [-0.39, 0.29) is 11.9 Å². The molecule has 0 bridgehead atoms. The Kier molecular flexibility index (Phi) is 6.15. The third-order valence-electron chi connectivity index (χ3n) is 3.25. The monoisotopic (exact) mass is 324 g/mol. The molecule has 0 saturated heterocycles. The van der Waals surface area contributed by atoms with Gasteiger partial charge in [-0.2, -0.15) is 5.26 Å². The van der Waals surface area contributed by atoms with Crippen LogP contribution >= 0.6 is 0 Å².